The smallest absolute Gasteiger partial charge is 0.433 e. The van der Waals surface area contributed by atoms with E-state index in [4.69, 9.17) is 9.47 Å². The molecule has 0 aliphatic rings. The minimum atomic E-state index is -4.66. The standard InChI is InChI=1S/C18H18F3N3O4/c1-17(2,3)28-16(26)24-12-5-6-22-15(11(12)9-25)10-8-23-14(18(19,20)21)7-13(10)27-4/h5-9H,1-4H3,(H,22,24,26). The summed E-state index contributed by atoms with van der Waals surface area (Å²) < 4.78 is 48.8. The summed E-state index contributed by atoms with van der Waals surface area (Å²) in [6.45, 7) is 5.01. The Morgan fingerprint density at radius 2 is 1.89 bits per heavy atom. The van der Waals surface area contributed by atoms with Crippen molar-refractivity contribution >= 4 is 18.1 Å². The molecule has 0 saturated heterocycles. The van der Waals surface area contributed by atoms with Crippen LogP contribution in [0.1, 0.15) is 36.8 Å². The molecular weight excluding hydrogens is 379 g/mol. The Morgan fingerprint density at radius 3 is 2.43 bits per heavy atom. The summed E-state index contributed by atoms with van der Waals surface area (Å²) in [6.07, 6.45) is -2.84. The van der Waals surface area contributed by atoms with Crippen molar-refractivity contribution in [1.82, 2.24) is 9.97 Å². The molecule has 0 saturated carbocycles. The van der Waals surface area contributed by atoms with Crippen molar-refractivity contribution < 1.29 is 32.2 Å². The van der Waals surface area contributed by atoms with Gasteiger partial charge in [0.2, 0.25) is 0 Å². The van der Waals surface area contributed by atoms with Gasteiger partial charge in [-0.25, -0.2) is 4.79 Å². The van der Waals surface area contributed by atoms with E-state index in [2.05, 4.69) is 15.3 Å². The highest BCUT2D eigenvalue weighted by Gasteiger charge is 2.33. The van der Waals surface area contributed by atoms with E-state index in [1.165, 1.54) is 19.4 Å². The highest BCUT2D eigenvalue weighted by molar-refractivity contribution is 5.98. The lowest BCUT2D eigenvalue weighted by atomic mass is 10.1. The van der Waals surface area contributed by atoms with E-state index < -0.39 is 23.6 Å². The molecule has 150 valence electrons. The molecule has 0 aromatic carbocycles. The fraction of sp³-hybridized carbons (Fsp3) is 0.333. The number of nitrogens with one attached hydrogen (secondary N) is 1. The Hall–Kier alpha value is -3.17. The van der Waals surface area contributed by atoms with Crippen LogP contribution in [0.2, 0.25) is 0 Å². The van der Waals surface area contributed by atoms with E-state index in [1.54, 1.807) is 20.8 Å². The van der Waals surface area contributed by atoms with Gasteiger partial charge in [0.15, 0.2) is 6.29 Å². The second-order valence-electron chi connectivity index (χ2n) is 6.63. The first-order valence-electron chi connectivity index (χ1n) is 8.02. The molecule has 2 heterocycles. The van der Waals surface area contributed by atoms with E-state index in [0.29, 0.717) is 12.4 Å². The zero-order valence-electron chi connectivity index (χ0n) is 15.5. The number of hydrogen-bond acceptors (Lipinski definition) is 6. The number of anilines is 1. The molecular formula is C18H18F3N3O4. The number of alkyl halides is 3. The van der Waals surface area contributed by atoms with Gasteiger partial charge in [-0.3, -0.25) is 20.1 Å². The second-order valence-corrected chi connectivity index (χ2v) is 6.63. The molecule has 7 nitrogen and oxygen atoms in total. The molecule has 2 aromatic heterocycles. The summed E-state index contributed by atoms with van der Waals surface area (Å²) in [5.74, 6) is -0.174. The highest BCUT2D eigenvalue weighted by Crippen LogP contribution is 2.36. The van der Waals surface area contributed by atoms with E-state index in [0.717, 1.165) is 6.20 Å². The molecule has 28 heavy (non-hydrogen) atoms. The van der Waals surface area contributed by atoms with Gasteiger partial charge in [-0.15, -0.1) is 0 Å². The third kappa shape index (κ3) is 4.96. The first-order chi connectivity index (χ1) is 13.0. The monoisotopic (exact) mass is 397 g/mol. The summed E-state index contributed by atoms with van der Waals surface area (Å²) in [6, 6.07) is 2.07. The number of ether oxygens (including phenoxy) is 2. The van der Waals surface area contributed by atoms with Crippen LogP contribution in [0.25, 0.3) is 11.3 Å². The van der Waals surface area contributed by atoms with Crippen LogP contribution in [0.4, 0.5) is 23.7 Å². The van der Waals surface area contributed by atoms with Gasteiger partial charge in [-0.05, 0) is 26.8 Å². The first kappa shape index (κ1) is 21.1. The fourth-order valence-corrected chi connectivity index (χ4v) is 2.27. The molecule has 0 radical (unpaired) electrons. The van der Waals surface area contributed by atoms with Crippen LogP contribution in [-0.4, -0.2) is 35.1 Å². The van der Waals surface area contributed by atoms with Crippen LogP contribution in [-0.2, 0) is 10.9 Å². The van der Waals surface area contributed by atoms with Crippen LogP contribution >= 0.6 is 0 Å². The zero-order chi connectivity index (χ0) is 21.1. The van der Waals surface area contributed by atoms with Crippen LogP contribution in [0.5, 0.6) is 5.75 Å². The Bertz CT molecular complexity index is 893. The van der Waals surface area contributed by atoms with Crippen LogP contribution in [0, 0.1) is 0 Å². The van der Waals surface area contributed by atoms with Gasteiger partial charge in [0.25, 0.3) is 0 Å². The third-order valence-corrected chi connectivity index (χ3v) is 3.38. The predicted molar refractivity (Wildman–Crippen MR) is 94.3 cm³/mol. The Morgan fingerprint density at radius 1 is 1.21 bits per heavy atom. The maximum atomic E-state index is 12.9. The van der Waals surface area contributed by atoms with Gasteiger partial charge < -0.3 is 9.47 Å². The number of pyridine rings is 2. The van der Waals surface area contributed by atoms with Crippen molar-refractivity contribution in [2.75, 3.05) is 12.4 Å². The molecule has 0 bridgehead atoms. The number of halogens is 3. The van der Waals surface area contributed by atoms with E-state index >= 15 is 0 Å². The Balaban J connectivity index is 2.50. The number of aromatic nitrogens is 2. The molecule has 0 aliphatic heterocycles. The van der Waals surface area contributed by atoms with Gasteiger partial charge in [0, 0.05) is 18.5 Å². The maximum Gasteiger partial charge on any atom is 0.433 e. The molecule has 0 unspecified atom stereocenters. The SMILES string of the molecule is COc1cc(C(F)(F)F)ncc1-c1nccc(NC(=O)OC(C)(C)C)c1C=O. The lowest BCUT2D eigenvalue weighted by Crippen LogP contribution is -2.27. The number of carbonyl (C=O) groups excluding carboxylic acids is 2. The van der Waals surface area contributed by atoms with Crippen molar-refractivity contribution in [2.24, 2.45) is 0 Å². The van der Waals surface area contributed by atoms with E-state index in [9.17, 15) is 22.8 Å². The molecule has 0 fully saturated rings. The first-order valence-corrected chi connectivity index (χ1v) is 8.02. The number of methoxy groups -OCH3 is 1. The minimum Gasteiger partial charge on any atom is -0.496 e. The van der Waals surface area contributed by atoms with Gasteiger partial charge in [0.1, 0.15) is 17.0 Å². The van der Waals surface area contributed by atoms with Crippen molar-refractivity contribution in [2.45, 2.75) is 32.5 Å². The summed E-state index contributed by atoms with van der Waals surface area (Å²) >= 11 is 0. The van der Waals surface area contributed by atoms with Gasteiger partial charge in [0.05, 0.1) is 29.6 Å². The number of amides is 1. The summed E-state index contributed by atoms with van der Waals surface area (Å²) in [4.78, 5) is 31.0. The normalized spacial score (nSPS) is 11.7. The van der Waals surface area contributed by atoms with Crippen molar-refractivity contribution in [3.63, 3.8) is 0 Å². The minimum absolute atomic E-state index is 0.00151. The van der Waals surface area contributed by atoms with Gasteiger partial charge >= 0.3 is 12.3 Å². The Kier molecular flexibility index (Phi) is 5.91. The maximum absolute atomic E-state index is 12.9. The van der Waals surface area contributed by atoms with Crippen molar-refractivity contribution in [1.29, 1.82) is 0 Å². The van der Waals surface area contributed by atoms with Crippen molar-refractivity contribution in [3.05, 3.63) is 35.8 Å². The molecule has 2 rings (SSSR count). The van der Waals surface area contributed by atoms with Crippen LogP contribution in [0.3, 0.4) is 0 Å². The number of nitrogens with zero attached hydrogens (tertiary/aromatic N) is 2. The van der Waals surface area contributed by atoms with E-state index in [-0.39, 0.29) is 28.3 Å². The topological polar surface area (TPSA) is 90.4 Å². The molecule has 10 heteroatoms. The van der Waals surface area contributed by atoms with Crippen LogP contribution < -0.4 is 10.1 Å². The third-order valence-electron chi connectivity index (χ3n) is 3.38. The lowest BCUT2D eigenvalue weighted by Gasteiger charge is -2.20. The molecule has 0 aliphatic carbocycles. The highest BCUT2D eigenvalue weighted by atomic mass is 19.4. The number of aldehydes is 1. The number of hydrogen-bond donors (Lipinski definition) is 1. The zero-order valence-corrected chi connectivity index (χ0v) is 15.5. The number of rotatable bonds is 4. The number of carbonyl (C=O) groups is 2. The van der Waals surface area contributed by atoms with Gasteiger partial charge in [-0.1, -0.05) is 0 Å². The average Bonchev–Trinajstić information content (AvgIpc) is 2.58. The average molecular weight is 397 g/mol. The summed E-state index contributed by atoms with van der Waals surface area (Å²) in [5, 5.41) is 2.43. The summed E-state index contributed by atoms with van der Waals surface area (Å²) in [7, 11) is 1.18. The fourth-order valence-electron chi connectivity index (χ4n) is 2.27. The largest absolute Gasteiger partial charge is 0.496 e. The van der Waals surface area contributed by atoms with Gasteiger partial charge in [-0.2, -0.15) is 13.2 Å². The lowest BCUT2D eigenvalue weighted by molar-refractivity contribution is -0.141. The quantitative estimate of drug-likeness (QED) is 0.773. The molecule has 0 spiro atoms. The summed E-state index contributed by atoms with van der Waals surface area (Å²) in [5.41, 5.74) is -1.83. The molecule has 1 N–H and O–H groups in total. The second kappa shape index (κ2) is 7.83. The Labute approximate surface area is 158 Å². The van der Waals surface area contributed by atoms with E-state index in [1.807, 2.05) is 0 Å². The molecule has 2 aromatic rings. The molecule has 0 atom stereocenters. The molecule has 1 amide bonds. The van der Waals surface area contributed by atoms with Crippen LogP contribution in [0.15, 0.2) is 24.5 Å². The van der Waals surface area contributed by atoms with Crippen molar-refractivity contribution in [3.8, 4) is 17.0 Å². The predicted octanol–water partition coefficient (Wildman–Crippen LogP) is 4.33.